The Morgan fingerprint density at radius 2 is 1.81 bits per heavy atom. The molecule has 1 aliphatic rings. The standard InChI is InChI=1S/C23H33N3O5/c1-8-20(27)24-19-12-17(10-11-18(19)21(28)30-9-2)25-13-15(3)26(16(4)14-25)22(29)31-23(5,6)7/h8,10-12,15-16H,1,9,13-14H2,2-7H3,(H,24,27)/t15-,16+. The van der Waals surface area contributed by atoms with E-state index in [1.54, 1.807) is 24.0 Å². The number of esters is 1. The Labute approximate surface area is 184 Å². The van der Waals surface area contributed by atoms with E-state index in [9.17, 15) is 14.4 Å². The van der Waals surface area contributed by atoms with Crippen molar-refractivity contribution in [3.05, 3.63) is 36.4 Å². The molecule has 8 nitrogen and oxygen atoms in total. The smallest absolute Gasteiger partial charge is 0.410 e. The number of anilines is 2. The zero-order valence-corrected chi connectivity index (χ0v) is 19.2. The first-order valence-electron chi connectivity index (χ1n) is 10.5. The molecule has 0 bridgehead atoms. The quantitative estimate of drug-likeness (QED) is 0.563. The van der Waals surface area contributed by atoms with Crippen LogP contribution in [0.3, 0.4) is 0 Å². The number of hydrogen-bond donors (Lipinski definition) is 1. The number of nitrogens with zero attached hydrogens (tertiary/aromatic N) is 2. The van der Waals surface area contributed by atoms with Gasteiger partial charge in [0.15, 0.2) is 0 Å². The summed E-state index contributed by atoms with van der Waals surface area (Å²) in [4.78, 5) is 40.7. The van der Waals surface area contributed by atoms with Crippen molar-refractivity contribution in [2.75, 3.05) is 29.9 Å². The Morgan fingerprint density at radius 3 is 2.32 bits per heavy atom. The summed E-state index contributed by atoms with van der Waals surface area (Å²) < 4.78 is 10.7. The average Bonchev–Trinajstić information content (AvgIpc) is 2.65. The van der Waals surface area contributed by atoms with Gasteiger partial charge in [0.25, 0.3) is 0 Å². The van der Waals surface area contributed by atoms with Crippen molar-refractivity contribution in [3.63, 3.8) is 0 Å². The maximum atomic E-state index is 12.6. The Bertz CT molecular complexity index is 834. The minimum Gasteiger partial charge on any atom is -0.462 e. The fourth-order valence-corrected chi connectivity index (χ4v) is 3.61. The maximum Gasteiger partial charge on any atom is 0.410 e. The van der Waals surface area contributed by atoms with E-state index in [0.717, 1.165) is 11.8 Å². The van der Waals surface area contributed by atoms with Crippen molar-refractivity contribution in [1.82, 2.24) is 4.90 Å². The molecule has 1 aromatic carbocycles. The van der Waals surface area contributed by atoms with E-state index >= 15 is 0 Å². The number of carbonyl (C=O) groups excluding carboxylic acids is 3. The van der Waals surface area contributed by atoms with E-state index in [2.05, 4.69) is 16.8 Å². The third-order valence-corrected chi connectivity index (χ3v) is 4.83. The van der Waals surface area contributed by atoms with Gasteiger partial charge < -0.3 is 19.7 Å². The molecular formula is C23H33N3O5. The van der Waals surface area contributed by atoms with Crippen LogP contribution in [0.15, 0.2) is 30.9 Å². The summed E-state index contributed by atoms with van der Waals surface area (Å²) >= 11 is 0. The predicted octanol–water partition coefficient (Wildman–Crippen LogP) is 3.82. The monoisotopic (exact) mass is 431 g/mol. The summed E-state index contributed by atoms with van der Waals surface area (Å²) in [6, 6.07) is 5.03. The topological polar surface area (TPSA) is 88.2 Å². The second-order valence-electron chi connectivity index (χ2n) is 8.63. The second kappa shape index (κ2) is 9.85. The zero-order valence-electron chi connectivity index (χ0n) is 19.2. The summed E-state index contributed by atoms with van der Waals surface area (Å²) in [6.45, 7) is 16.1. The molecule has 8 heteroatoms. The third-order valence-electron chi connectivity index (χ3n) is 4.83. The van der Waals surface area contributed by atoms with E-state index in [0.29, 0.717) is 18.8 Å². The average molecular weight is 432 g/mol. The largest absolute Gasteiger partial charge is 0.462 e. The fraction of sp³-hybridized carbons (Fsp3) is 0.522. The molecule has 0 saturated carbocycles. The van der Waals surface area contributed by atoms with Gasteiger partial charge in [-0.15, -0.1) is 0 Å². The first-order valence-corrected chi connectivity index (χ1v) is 10.5. The van der Waals surface area contributed by atoms with Crippen LogP contribution in [-0.4, -0.2) is 60.3 Å². The lowest BCUT2D eigenvalue weighted by Crippen LogP contribution is -2.59. The third kappa shape index (κ3) is 6.23. The minimum absolute atomic E-state index is 0.0884. The molecule has 0 unspecified atom stereocenters. The molecule has 1 saturated heterocycles. The molecular weight excluding hydrogens is 398 g/mol. The van der Waals surface area contributed by atoms with Crippen LogP contribution in [0.4, 0.5) is 16.2 Å². The second-order valence-corrected chi connectivity index (χ2v) is 8.63. The summed E-state index contributed by atoms with van der Waals surface area (Å²) in [7, 11) is 0. The van der Waals surface area contributed by atoms with Gasteiger partial charge in [-0.1, -0.05) is 6.58 Å². The Balaban J connectivity index is 2.27. The Hall–Kier alpha value is -3.03. The van der Waals surface area contributed by atoms with Gasteiger partial charge in [0.2, 0.25) is 5.91 Å². The van der Waals surface area contributed by atoms with Gasteiger partial charge in [0.05, 0.1) is 29.9 Å². The highest BCUT2D eigenvalue weighted by Crippen LogP contribution is 2.29. The summed E-state index contributed by atoms with van der Waals surface area (Å²) in [5.74, 6) is -0.927. The Kier molecular flexibility index (Phi) is 7.70. The lowest BCUT2D eigenvalue weighted by Gasteiger charge is -2.45. The summed E-state index contributed by atoms with van der Waals surface area (Å²) in [5, 5.41) is 2.69. The maximum absolute atomic E-state index is 12.6. The first-order chi connectivity index (χ1) is 14.5. The number of rotatable bonds is 5. The molecule has 1 heterocycles. The zero-order chi connectivity index (χ0) is 23.3. The van der Waals surface area contributed by atoms with E-state index < -0.39 is 17.5 Å². The number of nitrogens with one attached hydrogen (secondary N) is 1. The molecule has 170 valence electrons. The number of amides is 2. The number of carbonyl (C=O) groups is 3. The van der Waals surface area contributed by atoms with Gasteiger partial charge in [0, 0.05) is 18.8 Å². The first kappa shape index (κ1) is 24.2. The molecule has 0 aromatic heterocycles. The number of ether oxygens (including phenoxy) is 2. The van der Waals surface area contributed by atoms with Crippen molar-refractivity contribution in [3.8, 4) is 0 Å². The van der Waals surface area contributed by atoms with Gasteiger partial charge in [-0.3, -0.25) is 9.69 Å². The van der Waals surface area contributed by atoms with Gasteiger partial charge in [0.1, 0.15) is 5.60 Å². The van der Waals surface area contributed by atoms with Gasteiger partial charge in [-0.05, 0) is 65.8 Å². The molecule has 2 atom stereocenters. The molecule has 1 N–H and O–H groups in total. The fourth-order valence-electron chi connectivity index (χ4n) is 3.61. The van der Waals surface area contributed by atoms with Crippen molar-refractivity contribution >= 4 is 29.3 Å². The van der Waals surface area contributed by atoms with Crippen LogP contribution >= 0.6 is 0 Å². The van der Waals surface area contributed by atoms with Crippen LogP contribution in [-0.2, 0) is 14.3 Å². The normalized spacial score (nSPS) is 18.9. The van der Waals surface area contributed by atoms with E-state index in [1.807, 2.05) is 40.7 Å². The molecule has 31 heavy (non-hydrogen) atoms. The lowest BCUT2D eigenvalue weighted by molar-refractivity contribution is -0.111. The highest BCUT2D eigenvalue weighted by atomic mass is 16.6. The minimum atomic E-state index is -0.561. The Morgan fingerprint density at radius 1 is 1.19 bits per heavy atom. The van der Waals surface area contributed by atoms with Crippen molar-refractivity contribution in [1.29, 1.82) is 0 Å². The molecule has 0 spiro atoms. The van der Waals surface area contributed by atoms with Gasteiger partial charge in [-0.25, -0.2) is 9.59 Å². The van der Waals surface area contributed by atoms with Gasteiger partial charge in [-0.2, -0.15) is 0 Å². The molecule has 2 amide bonds. The summed E-state index contributed by atoms with van der Waals surface area (Å²) in [5.41, 5.74) is 0.898. The lowest BCUT2D eigenvalue weighted by atomic mass is 10.1. The number of piperazine rings is 1. The number of benzene rings is 1. The van der Waals surface area contributed by atoms with Crippen LogP contribution in [0, 0.1) is 0 Å². The van der Waals surface area contributed by atoms with Gasteiger partial charge >= 0.3 is 12.1 Å². The SMILES string of the molecule is C=CC(=O)Nc1cc(N2C[C@@H](C)N(C(=O)OC(C)(C)C)[C@@H](C)C2)ccc1C(=O)OCC. The highest BCUT2D eigenvalue weighted by molar-refractivity contribution is 6.05. The van der Waals surface area contributed by atoms with Crippen molar-refractivity contribution < 1.29 is 23.9 Å². The highest BCUT2D eigenvalue weighted by Gasteiger charge is 2.35. The molecule has 1 aromatic rings. The van der Waals surface area contributed by atoms with Crippen LogP contribution in [0.5, 0.6) is 0 Å². The molecule has 0 aliphatic carbocycles. The van der Waals surface area contributed by atoms with Crippen molar-refractivity contribution in [2.45, 2.75) is 59.2 Å². The number of hydrogen-bond acceptors (Lipinski definition) is 6. The van der Waals surface area contributed by atoms with Crippen molar-refractivity contribution in [2.24, 2.45) is 0 Å². The van der Waals surface area contributed by atoms with Crippen LogP contribution in [0.1, 0.15) is 51.9 Å². The molecule has 0 radical (unpaired) electrons. The van der Waals surface area contributed by atoms with Crippen LogP contribution < -0.4 is 10.2 Å². The van der Waals surface area contributed by atoms with Crippen LogP contribution in [0.25, 0.3) is 0 Å². The van der Waals surface area contributed by atoms with E-state index in [-0.39, 0.29) is 30.3 Å². The summed E-state index contributed by atoms with van der Waals surface area (Å²) in [6.07, 6.45) is 0.814. The van der Waals surface area contributed by atoms with E-state index in [1.165, 1.54) is 0 Å². The molecule has 2 rings (SSSR count). The molecule has 1 aliphatic heterocycles. The van der Waals surface area contributed by atoms with E-state index in [4.69, 9.17) is 9.47 Å². The van der Waals surface area contributed by atoms with Crippen LogP contribution in [0.2, 0.25) is 0 Å². The molecule has 1 fully saturated rings. The predicted molar refractivity (Wildman–Crippen MR) is 120 cm³/mol.